The fourth-order valence-electron chi connectivity index (χ4n) is 1.46. The van der Waals surface area contributed by atoms with Gasteiger partial charge in [0.2, 0.25) is 0 Å². The number of hydrogen-bond acceptors (Lipinski definition) is 2. The van der Waals surface area contributed by atoms with Gasteiger partial charge in [0.25, 0.3) is 0 Å². The molecule has 0 N–H and O–H groups in total. The zero-order chi connectivity index (χ0) is 12.5. The summed E-state index contributed by atoms with van der Waals surface area (Å²) >= 11 is 5.80. The van der Waals surface area contributed by atoms with Gasteiger partial charge in [-0.3, -0.25) is 0 Å². The maximum absolute atomic E-state index is 11.4. The van der Waals surface area contributed by atoms with Crippen molar-refractivity contribution in [3.8, 4) is 11.1 Å². The predicted octanol–water partition coefficient (Wildman–Crippen LogP) is 3.21. The topological polar surface area (TPSA) is 34.1 Å². The molecule has 4 heteroatoms. The number of hydrogen-bond donors (Lipinski definition) is 0. The van der Waals surface area contributed by atoms with Crippen LogP contribution in [0.15, 0.2) is 47.4 Å². The molecule has 0 spiro atoms. The van der Waals surface area contributed by atoms with Crippen molar-refractivity contribution in [2.45, 2.75) is 4.90 Å². The molecule has 1 radical (unpaired) electrons. The van der Waals surface area contributed by atoms with Crippen LogP contribution in [-0.2, 0) is 9.84 Å². The van der Waals surface area contributed by atoms with Crippen LogP contribution in [0.4, 0.5) is 0 Å². The van der Waals surface area contributed by atoms with Crippen LogP contribution in [0.1, 0.15) is 0 Å². The van der Waals surface area contributed by atoms with E-state index < -0.39 is 9.84 Å². The van der Waals surface area contributed by atoms with Gasteiger partial charge in [0, 0.05) is 17.3 Å². The third kappa shape index (κ3) is 2.87. The van der Waals surface area contributed by atoms with E-state index in [4.69, 9.17) is 11.6 Å². The van der Waals surface area contributed by atoms with E-state index in [1.54, 1.807) is 18.2 Å². The van der Waals surface area contributed by atoms with Gasteiger partial charge in [-0.2, -0.15) is 0 Å². The Morgan fingerprint density at radius 2 is 1.71 bits per heavy atom. The van der Waals surface area contributed by atoms with Crippen LogP contribution in [0.25, 0.3) is 11.1 Å². The van der Waals surface area contributed by atoms with Crippen molar-refractivity contribution in [2.24, 2.45) is 0 Å². The molecule has 0 aliphatic rings. The highest BCUT2D eigenvalue weighted by Crippen LogP contribution is 2.23. The molecular weight excluding hydrogens is 256 g/mol. The van der Waals surface area contributed by atoms with Crippen LogP contribution in [-0.4, -0.2) is 14.7 Å². The minimum atomic E-state index is -3.22. The lowest BCUT2D eigenvalue weighted by molar-refractivity contribution is 0.602. The van der Waals surface area contributed by atoms with Gasteiger partial charge >= 0.3 is 0 Å². The second-order valence-electron chi connectivity index (χ2n) is 3.71. The van der Waals surface area contributed by atoms with Crippen molar-refractivity contribution in [1.82, 2.24) is 0 Å². The normalized spacial score (nSPS) is 11.4. The van der Waals surface area contributed by atoms with Crippen LogP contribution >= 0.6 is 11.6 Å². The second-order valence-corrected chi connectivity index (χ2v) is 6.13. The van der Waals surface area contributed by atoms with E-state index in [9.17, 15) is 8.42 Å². The summed E-state index contributed by atoms with van der Waals surface area (Å²) in [5, 5.41) is 0.646. The molecule has 0 bridgehead atoms. The molecule has 2 nitrogen and oxygen atoms in total. The lowest BCUT2D eigenvalue weighted by Gasteiger charge is -2.03. The average molecular weight is 266 g/mol. The third-order valence-electron chi connectivity index (χ3n) is 2.32. The molecule has 0 atom stereocenters. The molecule has 0 unspecified atom stereocenters. The highest BCUT2D eigenvalue weighted by atomic mass is 35.5. The fraction of sp³-hybridized carbons (Fsp3) is 0.0769. The first-order valence-electron chi connectivity index (χ1n) is 4.95. The van der Waals surface area contributed by atoms with Crippen molar-refractivity contribution in [2.75, 3.05) is 6.26 Å². The molecule has 0 saturated heterocycles. The molecule has 2 rings (SSSR count). The van der Waals surface area contributed by atoms with Crippen molar-refractivity contribution >= 4 is 21.4 Å². The highest BCUT2D eigenvalue weighted by molar-refractivity contribution is 7.90. The number of halogens is 1. The van der Waals surface area contributed by atoms with Crippen LogP contribution in [0.5, 0.6) is 0 Å². The molecule has 0 aliphatic carbocycles. The molecular formula is C13H10ClO2S. The Balaban J connectivity index is 2.50. The Kier molecular flexibility index (Phi) is 3.22. The number of rotatable bonds is 2. The Morgan fingerprint density at radius 3 is 2.29 bits per heavy atom. The van der Waals surface area contributed by atoms with Gasteiger partial charge in [-0.25, -0.2) is 8.42 Å². The van der Waals surface area contributed by atoms with Crippen LogP contribution in [0, 0.1) is 6.07 Å². The standard InChI is InChI=1S/C13H10ClO2S/c1-17(15,16)13-4-2-3-11(9-13)10-5-7-12(14)8-6-10/h2-8H,1H3. The van der Waals surface area contributed by atoms with Crippen molar-refractivity contribution in [3.63, 3.8) is 0 Å². The summed E-state index contributed by atoms with van der Waals surface area (Å²) < 4.78 is 22.8. The Hall–Kier alpha value is -1.32. The van der Waals surface area contributed by atoms with Crippen molar-refractivity contribution in [1.29, 1.82) is 0 Å². The molecule has 87 valence electrons. The Morgan fingerprint density at radius 1 is 1.06 bits per heavy atom. The van der Waals surface area contributed by atoms with E-state index in [2.05, 4.69) is 6.07 Å². The fourth-order valence-corrected chi connectivity index (χ4v) is 2.21. The first kappa shape index (κ1) is 12.1. The molecule has 0 aromatic heterocycles. The predicted molar refractivity (Wildman–Crippen MR) is 68.8 cm³/mol. The number of sulfone groups is 1. The largest absolute Gasteiger partial charge is 0.224 e. The molecule has 2 aromatic rings. The molecule has 0 fully saturated rings. The van der Waals surface area contributed by atoms with Crippen LogP contribution in [0.2, 0.25) is 5.02 Å². The summed E-state index contributed by atoms with van der Waals surface area (Å²) in [6.07, 6.45) is 1.17. The van der Waals surface area contributed by atoms with Gasteiger partial charge in [0.1, 0.15) is 0 Å². The molecule has 0 amide bonds. The van der Waals surface area contributed by atoms with E-state index >= 15 is 0 Å². The summed E-state index contributed by atoms with van der Waals surface area (Å²) in [5.41, 5.74) is 1.63. The monoisotopic (exact) mass is 265 g/mol. The van der Waals surface area contributed by atoms with E-state index in [1.165, 1.54) is 12.3 Å². The van der Waals surface area contributed by atoms with Gasteiger partial charge in [0.15, 0.2) is 9.84 Å². The molecule has 0 heterocycles. The van der Waals surface area contributed by atoms with E-state index in [0.717, 1.165) is 11.1 Å². The lowest BCUT2D eigenvalue weighted by Crippen LogP contribution is -1.97. The number of benzene rings is 2. The van der Waals surface area contributed by atoms with Gasteiger partial charge in [-0.1, -0.05) is 35.9 Å². The van der Waals surface area contributed by atoms with Crippen molar-refractivity contribution < 1.29 is 8.42 Å². The van der Waals surface area contributed by atoms with Crippen LogP contribution < -0.4 is 0 Å². The summed E-state index contributed by atoms with van der Waals surface area (Å²) in [4.78, 5) is 0.199. The minimum Gasteiger partial charge on any atom is -0.224 e. The first-order chi connectivity index (χ1) is 7.97. The summed E-state index contributed by atoms with van der Waals surface area (Å²) in [7, 11) is -3.22. The summed E-state index contributed by atoms with van der Waals surface area (Å²) in [5.74, 6) is 0. The van der Waals surface area contributed by atoms with E-state index in [0.29, 0.717) is 5.02 Å². The SMILES string of the molecule is CS(=O)(=O)c1[c]c(-c2ccc(Cl)cc2)ccc1. The Labute approximate surface area is 106 Å². The van der Waals surface area contributed by atoms with Gasteiger partial charge in [0.05, 0.1) is 4.90 Å². The third-order valence-corrected chi connectivity index (χ3v) is 3.61. The summed E-state index contributed by atoms with van der Waals surface area (Å²) in [6, 6.07) is 15.1. The zero-order valence-electron chi connectivity index (χ0n) is 9.14. The van der Waals surface area contributed by atoms with Gasteiger partial charge in [-0.15, -0.1) is 0 Å². The van der Waals surface area contributed by atoms with Gasteiger partial charge in [-0.05, 0) is 29.3 Å². The quantitative estimate of drug-likeness (QED) is 0.836. The maximum atomic E-state index is 11.4. The highest BCUT2D eigenvalue weighted by Gasteiger charge is 2.08. The zero-order valence-corrected chi connectivity index (χ0v) is 10.7. The minimum absolute atomic E-state index is 0.199. The summed E-state index contributed by atoms with van der Waals surface area (Å²) in [6.45, 7) is 0. The molecule has 17 heavy (non-hydrogen) atoms. The Bertz CT molecular complexity index is 631. The van der Waals surface area contributed by atoms with Crippen molar-refractivity contribution in [3.05, 3.63) is 53.6 Å². The smallest absolute Gasteiger partial charge is 0.176 e. The molecule has 2 aromatic carbocycles. The van der Waals surface area contributed by atoms with Gasteiger partial charge < -0.3 is 0 Å². The second kappa shape index (κ2) is 4.51. The molecule has 0 saturated carbocycles. The van der Waals surface area contributed by atoms with E-state index in [1.807, 2.05) is 18.2 Å². The first-order valence-corrected chi connectivity index (χ1v) is 7.22. The van der Waals surface area contributed by atoms with E-state index in [-0.39, 0.29) is 4.90 Å². The average Bonchev–Trinajstić information content (AvgIpc) is 2.29. The maximum Gasteiger partial charge on any atom is 0.176 e. The lowest BCUT2D eigenvalue weighted by atomic mass is 10.1. The molecule has 0 aliphatic heterocycles. The van der Waals surface area contributed by atoms with Crippen LogP contribution in [0.3, 0.4) is 0 Å².